The number of hydrogen-bond acceptors (Lipinski definition) is 7. The maximum absolute atomic E-state index is 12.4. The van der Waals surface area contributed by atoms with Crippen LogP contribution in [0.15, 0.2) is 22.9 Å². The molecule has 2 aliphatic heterocycles. The van der Waals surface area contributed by atoms with Crippen LogP contribution in [-0.4, -0.2) is 57.3 Å². The molecule has 0 aliphatic carbocycles. The van der Waals surface area contributed by atoms with Crippen molar-refractivity contribution >= 4 is 5.91 Å². The Morgan fingerprint density at radius 1 is 1.36 bits per heavy atom. The van der Waals surface area contributed by atoms with E-state index < -0.39 is 0 Å². The molecule has 4 heterocycles. The highest BCUT2D eigenvalue weighted by Crippen LogP contribution is 2.36. The summed E-state index contributed by atoms with van der Waals surface area (Å²) in [5.74, 6) is 0.115. The first kappa shape index (κ1) is 16.0. The summed E-state index contributed by atoms with van der Waals surface area (Å²) < 4.78 is 16.9. The molecule has 2 aromatic rings. The van der Waals surface area contributed by atoms with Crippen LogP contribution in [0.1, 0.15) is 34.8 Å². The van der Waals surface area contributed by atoms with E-state index in [0.29, 0.717) is 37.8 Å². The van der Waals surface area contributed by atoms with Gasteiger partial charge in [0.2, 0.25) is 5.76 Å². The lowest BCUT2D eigenvalue weighted by molar-refractivity contribution is -0.174. The summed E-state index contributed by atoms with van der Waals surface area (Å²) >= 11 is 0. The molecule has 0 N–H and O–H groups in total. The van der Waals surface area contributed by atoms with Crippen LogP contribution in [0, 0.1) is 13.8 Å². The van der Waals surface area contributed by atoms with E-state index in [4.69, 9.17) is 14.0 Å². The van der Waals surface area contributed by atoms with Gasteiger partial charge >= 0.3 is 6.01 Å². The molecule has 0 unspecified atom stereocenters. The van der Waals surface area contributed by atoms with Gasteiger partial charge in [-0.05, 0) is 19.9 Å². The molecule has 1 atom stereocenters. The highest BCUT2D eigenvalue weighted by atomic mass is 16.5. The lowest BCUT2D eigenvalue weighted by atomic mass is 9.84. The molecule has 1 spiro atoms. The minimum absolute atomic E-state index is 0.0136. The number of rotatable bonds is 3. The number of carbonyl (C=O) groups excluding carboxylic acids is 1. The lowest BCUT2D eigenvalue weighted by Gasteiger charge is -2.52. The van der Waals surface area contributed by atoms with Crippen LogP contribution in [0.5, 0.6) is 6.01 Å². The van der Waals surface area contributed by atoms with Crippen LogP contribution in [0.3, 0.4) is 0 Å². The number of amides is 1. The van der Waals surface area contributed by atoms with E-state index in [1.165, 1.54) is 0 Å². The van der Waals surface area contributed by atoms with Gasteiger partial charge in [-0.3, -0.25) is 4.79 Å². The molecule has 2 saturated heterocycles. The van der Waals surface area contributed by atoms with Crippen molar-refractivity contribution in [3.63, 3.8) is 0 Å². The zero-order valence-corrected chi connectivity index (χ0v) is 14.3. The van der Waals surface area contributed by atoms with Crippen molar-refractivity contribution in [2.75, 3.05) is 19.7 Å². The largest absolute Gasteiger partial charge is 0.460 e. The monoisotopic (exact) mass is 344 g/mol. The fourth-order valence-corrected chi connectivity index (χ4v) is 3.35. The molecule has 2 fully saturated rings. The first-order valence-electron chi connectivity index (χ1n) is 8.36. The van der Waals surface area contributed by atoms with Gasteiger partial charge in [0.25, 0.3) is 5.91 Å². The fraction of sp³-hybridized carbons (Fsp3) is 0.529. The van der Waals surface area contributed by atoms with Crippen LogP contribution in [0.25, 0.3) is 0 Å². The normalized spacial score (nSPS) is 21.8. The highest BCUT2D eigenvalue weighted by molar-refractivity contribution is 5.92. The molecular formula is C17H20N4O4. The fourth-order valence-electron chi connectivity index (χ4n) is 3.35. The van der Waals surface area contributed by atoms with Crippen LogP contribution >= 0.6 is 0 Å². The highest BCUT2D eigenvalue weighted by Gasteiger charge is 2.50. The second-order valence-corrected chi connectivity index (χ2v) is 6.74. The summed E-state index contributed by atoms with van der Waals surface area (Å²) in [6.45, 7) is 5.35. The summed E-state index contributed by atoms with van der Waals surface area (Å²) in [6.07, 6.45) is 3.17. The first-order valence-corrected chi connectivity index (χ1v) is 8.36. The van der Waals surface area contributed by atoms with E-state index in [2.05, 4.69) is 15.1 Å². The van der Waals surface area contributed by atoms with Crippen LogP contribution in [-0.2, 0) is 4.74 Å². The van der Waals surface area contributed by atoms with Gasteiger partial charge < -0.3 is 18.9 Å². The molecule has 0 bridgehead atoms. The van der Waals surface area contributed by atoms with Gasteiger partial charge in [0.1, 0.15) is 11.7 Å². The lowest BCUT2D eigenvalue weighted by Crippen LogP contribution is -2.67. The van der Waals surface area contributed by atoms with Crippen molar-refractivity contribution in [2.24, 2.45) is 0 Å². The Morgan fingerprint density at radius 2 is 2.20 bits per heavy atom. The number of hydrogen-bond donors (Lipinski definition) is 0. The molecule has 0 aromatic carbocycles. The number of aryl methyl sites for hydroxylation is 2. The average molecular weight is 344 g/mol. The molecule has 8 nitrogen and oxygen atoms in total. The molecule has 0 radical (unpaired) electrons. The topological polar surface area (TPSA) is 90.6 Å². The Kier molecular flexibility index (Phi) is 3.91. The van der Waals surface area contributed by atoms with Crippen molar-refractivity contribution in [1.82, 2.24) is 20.0 Å². The Hall–Kier alpha value is -2.48. The van der Waals surface area contributed by atoms with Crippen molar-refractivity contribution in [1.29, 1.82) is 0 Å². The zero-order chi connectivity index (χ0) is 17.4. The Morgan fingerprint density at radius 3 is 2.92 bits per heavy atom. The third kappa shape index (κ3) is 3.21. The third-order valence-corrected chi connectivity index (χ3v) is 4.58. The second kappa shape index (κ2) is 6.11. The predicted molar refractivity (Wildman–Crippen MR) is 86.2 cm³/mol. The van der Waals surface area contributed by atoms with Gasteiger partial charge in [-0.1, -0.05) is 5.16 Å². The van der Waals surface area contributed by atoms with E-state index in [-0.39, 0.29) is 23.4 Å². The summed E-state index contributed by atoms with van der Waals surface area (Å²) in [6, 6.07) is 3.88. The van der Waals surface area contributed by atoms with Crippen LogP contribution in [0.4, 0.5) is 0 Å². The number of likely N-dealkylation sites (tertiary alicyclic amines) is 1. The minimum Gasteiger partial charge on any atom is -0.460 e. The van der Waals surface area contributed by atoms with E-state index in [1.54, 1.807) is 24.1 Å². The van der Waals surface area contributed by atoms with E-state index in [1.807, 2.05) is 13.0 Å². The molecule has 132 valence electrons. The van der Waals surface area contributed by atoms with Gasteiger partial charge in [-0.2, -0.15) is 0 Å². The molecular weight excluding hydrogens is 324 g/mol. The van der Waals surface area contributed by atoms with Gasteiger partial charge in [0.15, 0.2) is 0 Å². The average Bonchev–Trinajstić information content (AvgIpc) is 2.99. The molecule has 0 saturated carbocycles. The van der Waals surface area contributed by atoms with Crippen molar-refractivity contribution in [2.45, 2.75) is 38.4 Å². The van der Waals surface area contributed by atoms with Gasteiger partial charge in [0, 0.05) is 30.8 Å². The Balaban J connectivity index is 1.37. The number of ether oxygens (including phenoxy) is 2. The summed E-state index contributed by atoms with van der Waals surface area (Å²) in [7, 11) is 0. The second-order valence-electron chi connectivity index (χ2n) is 6.74. The number of aromatic nitrogens is 3. The molecule has 2 aliphatic rings. The van der Waals surface area contributed by atoms with Gasteiger partial charge in [-0.15, -0.1) is 0 Å². The van der Waals surface area contributed by atoms with Gasteiger partial charge in [-0.25, -0.2) is 9.97 Å². The minimum atomic E-state index is -0.350. The molecule has 8 heteroatoms. The molecule has 25 heavy (non-hydrogen) atoms. The Labute approximate surface area is 145 Å². The Bertz CT molecular complexity index is 784. The SMILES string of the molecule is Cc1cc(C(=O)N2CC3(C[C@@H](Oc4nccc(C)n4)CCO3)C2)on1. The van der Waals surface area contributed by atoms with E-state index >= 15 is 0 Å². The number of carbonyl (C=O) groups is 1. The maximum Gasteiger partial charge on any atom is 0.316 e. The smallest absolute Gasteiger partial charge is 0.316 e. The number of nitrogens with zero attached hydrogens (tertiary/aromatic N) is 4. The van der Waals surface area contributed by atoms with E-state index in [0.717, 1.165) is 12.1 Å². The summed E-state index contributed by atoms with van der Waals surface area (Å²) in [4.78, 5) is 22.5. The maximum atomic E-state index is 12.4. The zero-order valence-electron chi connectivity index (χ0n) is 14.3. The van der Waals surface area contributed by atoms with Crippen LogP contribution < -0.4 is 4.74 Å². The molecule has 2 aromatic heterocycles. The molecule has 4 rings (SSSR count). The van der Waals surface area contributed by atoms with Crippen LogP contribution in [0.2, 0.25) is 0 Å². The van der Waals surface area contributed by atoms with Gasteiger partial charge in [0.05, 0.1) is 25.4 Å². The van der Waals surface area contributed by atoms with E-state index in [9.17, 15) is 4.79 Å². The molecule has 1 amide bonds. The first-order chi connectivity index (χ1) is 12.0. The van der Waals surface area contributed by atoms with Crippen molar-refractivity contribution in [3.8, 4) is 6.01 Å². The van der Waals surface area contributed by atoms with Crippen molar-refractivity contribution in [3.05, 3.63) is 35.5 Å². The summed E-state index contributed by atoms with van der Waals surface area (Å²) in [5.41, 5.74) is 1.21. The van der Waals surface area contributed by atoms with Crippen molar-refractivity contribution < 1.29 is 18.8 Å². The quantitative estimate of drug-likeness (QED) is 0.834. The standard InChI is InChI=1S/C17H20N4O4/c1-11-3-5-18-16(19-11)24-13-4-6-23-17(8-13)9-21(10-17)15(22)14-7-12(2)20-25-14/h3,5,7,13H,4,6,8-10H2,1-2H3/t13-/m0/s1. The summed E-state index contributed by atoms with van der Waals surface area (Å²) in [5, 5.41) is 3.76. The third-order valence-electron chi connectivity index (χ3n) is 4.58. The predicted octanol–water partition coefficient (Wildman–Crippen LogP) is 1.53.